The largest absolute Gasteiger partial charge is 0.478 e. The number of allylic oxidation sites excluding steroid dienone is 4. The van der Waals surface area contributed by atoms with Gasteiger partial charge >= 0.3 is 5.97 Å². The van der Waals surface area contributed by atoms with Gasteiger partial charge in [-0.15, -0.1) is 0 Å². The molecule has 270 valence electrons. The number of pyridine rings is 1. The zero-order chi connectivity index (χ0) is 37.0. The van der Waals surface area contributed by atoms with Gasteiger partial charge in [0.05, 0.1) is 17.3 Å². The minimum absolute atomic E-state index is 0.0479. The Morgan fingerprint density at radius 1 is 1.10 bits per heavy atom. The molecule has 52 heavy (non-hydrogen) atoms. The molecule has 0 radical (unpaired) electrons. The van der Waals surface area contributed by atoms with Gasteiger partial charge in [0.1, 0.15) is 6.29 Å². The van der Waals surface area contributed by atoms with Gasteiger partial charge in [-0.2, -0.15) is 0 Å². The van der Waals surface area contributed by atoms with Crippen molar-refractivity contribution in [1.29, 1.82) is 0 Å². The lowest BCUT2D eigenvalue weighted by molar-refractivity contribution is -0.223. The summed E-state index contributed by atoms with van der Waals surface area (Å²) in [7, 11) is 0. The van der Waals surface area contributed by atoms with Crippen LogP contribution in [0.2, 0.25) is 0 Å². The third-order valence-corrected chi connectivity index (χ3v) is 13.9. The van der Waals surface area contributed by atoms with Crippen molar-refractivity contribution in [3.8, 4) is 0 Å². The van der Waals surface area contributed by atoms with Gasteiger partial charge in [0.25, 0.3) is 0 Å². The predicted molar refractivity (Wildman–Crippen MR) is 191 cm³/mol. The summed E-state index contributed by atoms with van der Waals surface area (Å²) in [5.41, 5.74) is -4.07. The van der Waals surface area contributed by atoms with E-state index in [9.17, 15) is 34.5 Å². The first-order valence-electron chi connectivity index (χ1n) is 18.2. The van der Waals surface area contributed by atoms with Gasteiger partial charge in [0, 0.05) is 58.1 Å². The highest BCUT2D eigenvalue weighted by Gasteiger charge is 2.75. The highest BCUT2D eigenvalue weighted by Crippen LogP contribution is 2.73. The molecule has 10 atom stereocenters. The fraction of sp³-hybridized carbons (Fsp3) is 0.452. The molecular weight excluding hydrogens is 663 g/mol. The SMILES string of the molecule is C[C@@H]1C[C@H]2[C@@H]3CCC4=CC(=O)C=C[C@]4(C)[C@@]3(F)[C@@H](O)C[C@]2(C)[C@@]1(O)c1c(C(=O)O)ccc(CC=O)c1[C@@H]1C[C@H]1C(=O)Nc1ccc2cnccc2c1. The molecule has 3 aromatic rings. The number of aromatic nitrogens is 1. The molecule has 0 aliphatic heterocycles. The number of aldehydes is 1. The van der Waals surface area contributed by atoms with E-state index in [4.69, 9.17) is 0 Å². The Bertz CT molecular complexity index is 2130. The fourth-order valence-electron chi connectivity index (χ4n) is 11.2. The summed E-state index contributed by atoms with van der Waals surface area (Å²) in [6, 6.07) is 10.4. The zero-order valence-electron chi connectivity index (χ0n) is 29.4. The molecule has 1 heterocycles. The van der Waals surface area contributed by atoms with Crippen LogP contribution in [0.3, 0.4) is 0 Å². The van der Waals surface area contributed by atoms with E-state index in [1.807, 2.05) is 32.0 Å². The van der Waals surface area contributed by atoms with E-state index in [1.165, 1.54) is 18.2 Å². The molecule has 4 fully saturated rings. The Morgan fingerprint density at radius 2 is 1.88 bits per heavy atom. The van der Waals surface area contributed by atoms with Gasteiger partial charge < -0.3 is 25.4 Å². The standard InChI is InChI=1S/C42H43FN2O7/c1-22-16-33-32-9-6-26-18-28(47)10-13-39(26,2)41(32,43)34(48)20-40(33,3)42(22,52)36-29(38(50)51)8-5-23(12-15-46)35(36)30-19-31(30)37(49)45-27-7-4-25-21-44-14-11-24(25)17-27/h4-5,7-8,10-11,13-15,17-18,21-22,30-34,48,52H,6,9,12,16,19-20H2,1-3H3,(H,45,49)(H,50,51)/t22-,30-,31-,32+,33+,34+,39+,40+,41+,42+/m1/s1. The lowest BCUT2D eigenvalue weighted by Crippen LogP contribution is -2.68. The van der Waals surface area contributed by atoms with Crippen LogP contribution in [-0.2, 0) is 26.4 Å². The van der Waals surface area contributed by atoms with Crippen LogP contribution in [0.1, 0.15) is 85.8 Å². The molecule has 4 saturated carbocycles. The van der Waals surface area contributed by atoms with Crippen LogP contribution < -0.4 is 5.32 Å². The molecule has 0 saturated heterocycles. The van der Waals surface area contributed by atoms with E-state index in [0.29, 0.717) is 48.1 Å². The van der Waals surface area contributed by atoms with Crippen LogP contribution in [-0.4, -0.2) is 56.0 Å². The summed E-state index contributed by atoms with van der Waals surface area (Å²) in [5, 5.41) is 40.9. The van der Waals surface area contributed by atoms with E-state index in [1.54, 1.807) is 37.5 Å². The number of nitrogens with zero attached hydrogens (tertiary/aromatic N) is 1. The van der Waals surface area contributed by atoms with Crippen LogP contribution in [0.15, 0.2) is 72.6 Å². The monoisotopic (exact) mass is 706 g/mol. The number of amides is 1. The third kappa shape index (κ3) is 4.62. The molecule has 8 rings (SSSR count). The number of hydrogen-bond donors (Lipinski definition) is 4. The lowest BCUT2D eigenvalue weighted by atomic mass is 9.44. The molecular formula is C42H43FN2O7. The molecule has 0 spiro atoms. The predicted octanol–water partition coefficient (Wildman–Crippen LogP) is 6.22. The van der Waals surface area contributed by atoms with Gasteiger partial charge in [-0.1, -0.05) is 37.6 Å². The van der Waals surface area contributed by atoms with Gasteiger partial charge in [-0.05, 0) is 110 Å². The third-order valence-electron chi connectivity index (χ3n) is 13.9. The number of aliphatic hydroxyl groups excluding tert-OH is 1. The number of aliphatic hydroxyl groups is 2. The van der Waals surface area contributed by atoms with Crippen molar-refractivity contribution in [2.24, 2.45) is 34.5 Å². The molecule has 10 heteroatoms. The molecule has 4 N–H and O–H groups in total. The van der Waals surface area contributed by atoms with Crippen LogP contribution in [0, 0.1) is 34.5 Å². The average molecular weight is 707 g/mol. The van der Waals surface area contributed by atoms with Crippen LogP contribution in [0.4, 0.5) is 10.1 Å². The first-order valence-corrected chi connectivity index (χ1v) is 18.2. The number of carbonyl (C=O) groups is 4. The number of aromatic carboxylic acids is 1. The highest BCUT2D eigenvalue weighted by molar-refractivity contribution is 6.01. The van der Waals surface area contributed by atoms with E-state index < -0.39 is 63.8 Å². The van der Waals surface area contributed by atoms with Crippen LogP contribution >= 0.6 is 0 Å². The minimum atomic E-state index is -2.12. The highest BCUT2D eigenvalue weighted by atomic mass is 19.1. The maximum absolute atomic E-state index is 17.9. The van der Waals surface area contributed by atoms with Crippen LogP contribution in [0.5, 0.6) is 0 Å². The molecule has 2 aromatic carbocycles. The first kappa shape index (κ1) is 34.5. The average Bonchev–Trinajstić information content (AvgIpc) is 3.88. The Morgan fingerprint density at radius 3 is 2.63 bits per heavy atom. The maximum atomic E-state index is 17.9. The molecule has 0 unspecified atom stereocenters. The van der Waals surface area contributed by atoms with Crippen molar-refractivity contribution >= 4 is 40.4 Å². The maximum Gasteiger partial charge on any atom is 0.336 e. The number of ketones is 1. The van der Waals surface area contributed by atoms with Crippen LogP contribution in [0.25, 0.3) is 10.8 Å². The number of carboxylic acid groups (broad SMARTS) is 1. The Hall–Kier alpha value is -4.54. The second-order valence-electron chi connectivity index (χ2n) is 16.3. The number of nitrogens with one attached hydrogen (secondary N) is 1. The van der Waals surface area contributed by atoms with E-state index >= 15 is 4.39 Å². The quantitative estimate of drug-likeness (QED) is 0.211. The van der Waals surface area contributed by atoms with Crippen molar-refractivity contribution in [3.63, 3.8) is 0 Å². The summed E-state index contributed by atoms with van der Waals surface area (Å²) in [6.07, 6.45) is 8.42. The number of fused-ring (bicyclic) bond motifs is 6. The number of alkyl halides is 1. The Kier molecular flexibility index (Phi) is 7.79. The molecule has 5 aliphatic carbocycles. The van der Waals surface area contributed by atoms with Crippen molar-refractivity contribution < 1.29 is 38.9 Å². The number of anilines is 1. The van der Waals surface area contributed by atoms with Crippen molar-refractivity contribution in [2.75, 3.05) is 5.32 Å². The van der Waals surface area contributed by atoms with E-state index in [2.05, 4.69) is 10.3 Å². The summed E-state index contributed by atoms with van der Waals surface area (Å²) in [5.74, 6) is -4.46. The van der Waals surface area contributed by atoms with Gasteiger partial charge in [0.2, 0.25) is 5.91 Å². The summed E-state index contributed by atoms with van der Waals surface area (Å²) in [4.78, 5) is 55.3. The summed E-state index contributed by atoms with van der Waals surface area (Å²) in [6.45, 7) is 5.42. The van der Waals surface area contributed by atoms with Gasteiger partial charge in [-0.25, -0.2) is 9.18 Å². The Labute approximate surface area is 301 Å². The van der Waals surface area contributed by atoms with Crippen molar-refractivity contribution in [3.05, 3.63) is 94.8 Å². The molecule has 5 aliphatic rings. The minimum Gasteiger partial charge on any atom is -0.478 e. The van der Waals surface area contributed by atoms with E-state index in [-0.39, 0.29) is 35.7 Å². The summed E-state index contributed by atoms with van der Waals surface area (Å²) >= 11 is 0. The Balaban J connectivity index is 1.21. The number of hydrogen-bond acceptors (Lipinski definition) is 7. The topological polar surface area (TPSA) is 154 Å². The number of rotatable bonds is 7. The van der Waals surface area contributed by atoms with Crippen molar-refractivity contribution in [1.82, 2.24) is 4.98 Å². The molecule has 9 nitrogen and oxygen atoms in total. The van der Waals surface area contributed by atoms with Gasteiger partial charge in [0.15, 0.2) is 11.5 Å². The smallest absolute Gasteiger partial charge is 0.336 e. The lowest BCUT2D eigenvalue weighted by Gasteiger charge is -2.63. The van der Waals surface area contributed by atoms with Crippen molar-refractivity contribution in [2.45, 2.75) is 82.6 Å². The summed E-state index contributed by atoms with van der Waals surface area (Å²) < 4.78 is 17.9. The van der Waals surface area contributed by atoms with E-state index in [0.717, 1.165) is 17.1 Å². The number of carbonyl (C=O) groups excluding carboxylic acids is 3. The molecule has 1 aromatic heterocycles. The molecule has 0 bridgehead atoms. The second-order valence-corrected chi connectivity index (χ2v) is 16.3. The molecule has 1 amide bonds. The second kappa shape index (κ2) is 11.7. The normalized spacial score (nSPS) is 37.4. The first-order chi connectivity index (χ1) is 24.7. The zero-order valence-corrected chi connectivity index (χ0v) is 29.4. The number of halogens is 1. The number of carboxylic acids is 1. The van der Waals surface area contributed by atoms with Gasteiger partial charge in [-0.3, -0.25) is 14.6 Å². The fourth-order valence-corrected chi connectivity index (χ4v) is 11.2. The number of benzene rings is 2.